The van der Waals surface area contributed by atoms with E-state index in [2.05, 4.69) is 0 Å². The average Bonchev–Trinajstić information content (AvgIpc) is 3.11. The van der Waals surface area contributed by atoms with Gasteiger partial charge < -0.3 is 58.7 Å². The summed E-state index contributed by atoms with van der Waals surface area (Å²) in [5.41, 5.74) is -3.09. The van der Waals surface area contributed by atoms with Crippen LogP contribution in [0.2, 0.25) is 0 Å². The summed E-state index contributed by atoms with van der Waals surface area (Å²) in [5, 5.41) is 50.7. The number of phenolic OH excluding ortho intramolecular Hbond substituents is 1. The number of carbonyl (C=O) groups is 1. The predicted octanol–water partition coefficient (Wildman–Crippen LogP) is -0.989. The Kier molecular flexibility index (Phi) is 5.83. The van der Waals surface area contributed by atoms with Crippen molar-refractivity contribution in [3.8, 4) is 11.5 Å². The number of hydrogen-bond acceptors (Lipinski definition) is 13. The molecule has 0 radical (unpaired) electrons. The van der Waals surface area contributed by atoms with Gasteiger partial charge in [-0.05, 0) is 31.5 Å². The molecule has 13 nitrogen and oxygen atoms in total. The first-order valence-corrected chi connectivity index (χ1v) is 12.4. The molecule has 6 bridgehead atoms. The van der Waals surface area contributed by atoms with Crippen LogP contribution in [0.15, 0.2) is 18.2 Å². The normalized spacial score (nSPS) is 48.1. The second-order valence-electron chi connectivity index (χ2n) is 10.9. The highest BCUT2D eigenvalue weighted by Gasteiger charge is 2.95. The second-order valence-corrected chi connectivity index (χ2v) is 10.9. The summed E-state index contributed by atoms with van der Waals surface area (Å²) in [6.45, 7) is 1.03. The van der Waals surface area contributed by atoms with Crippen LogP contribution in [0.25, 0.3) is 0 Å². The van der Waals surface area contributed by atoms with Gasteiger partial charge in [0.2, 0.25) is 0 Å². The van der Waals surface area contributed by atoms with Crippen molar-refractivity contribution in [3.63, 3.8) is 0 Å². The summed E-state index contributed by atoms with van der Waals surface area (Å²) in [6.07, 6.45) is -7.59. The van der Waals surface area contributed by atoms with E-state index in [4.69, 9.17) is 33.2 Å². The Bertz CT molecular complexity index is 1130. The molecule has 11 atom stereocenters. The molecule has 1 aromatic rings. The van der Waals surface area contributed by atoms with E-state index in [0.717, 1.165) is 0 Å². The van der Waals surface area contributed by atoms with E-state index in [1.165, 1.54) is 32.4 Å². The minimum atomic E-state index is -1.62. The van der Waals surface area contributed by atoms with Gasteiger partial charge in [0, 0.05) is 19.4 Å². The zero-order valence-corrected chi connectivity index (χ0v) is 21.1. The number of methoxy groups -OCH3 is 2. The number of esters is 1. The fourth-order valence-electron chi connectivity index (χ4n) is 7.34. The van der Waals surface area contributed by atoms with E-state index < -0.39 is 72.0 Å². The van der Waals surface area contributed by atoms with Gasteiger partial charge in [-0.1, -0.05) is 0 Å². The monoisotopic (exact) mass is 540 g/mol. The lowest BCUT2D eigenvalue weighted by Gasteiger charge is -2.68. The average molecular weight is 541 g/mol. The maximum atomic E-state index is 13.1. The molecule has 0 aromatic heterocycles. The summed E-state index contributed by atoms with van der Waals surface area (Å²) < 4.78 is 41.4. The molecule has 4 heterocycles. The second kappa shape index (κ2) is 8.46. The van der Waals surface area contributed by atoms with Gasteiger partial charge in [0.05, 0.1) is 24.7 Å². The first-order valence-electron chi connectivity index (χ1n) is 12.4. The van der Waals surface area contributed by atoms with Gasteiger partial charge in [-0.2, -0.15) is 0 Å². The maximum absolute atomic E-state index is 13.1. The number of aromatic hydroxyl groups is 1. The number of carbonyl (C=O) groups excluding carboxylic acids is 1. The number of ether oxygens (including phenoxy) is 7. The number of aliphatic hydroxyl groups excluding tert-OH is 4. The van der Waals surface area contributed by atoms with Crippen molar-refractivity contribution in [1.82, 2.24) is 0 Å². The van der Waals surface area contributed by atoms with Crippen LogP contribution >= 0.6 is 0 Å². The van der Waals surface area contributed by atoms with Gasteiger partial charge >= 0.3 is 5.97 Å². The van der Waals surface area contributed by atoms with Crippen molar-refractivity contribution in [3.05, 3.63) is 23.8 Å². The number of rotatable bonds is 8. The zero-order valence-electron chi connectivity index (χ0n) is 21.1. The molecule has 5 N–H and O–H groups in total. The van der Waals surface area contributed by atoms with E-state index in [-0.39, 0.29) is 29.6 Å². The smallest absolute Gasteiger partial charge is 0.338 e. The van der Waals surface area contributed by atoms with E-state index in [0.29, 0.717) is 12.8 Å². The molecular weight excluding hydrogens is 508 g/mol. The number of hydrogen-bond donors (Lipinski definition) is 5. The standard InChI is InChI=1S/C25H32O13/c1-22-9-24(33-3)15-7-25(22,36-20-18(30)17(29)16(28)14(8-26)35-20)23(15,21(37-22)38-24)10-34-19(31)11-4-5-12(27)13(6-11)32-2/h4-6,14-18,20-21,26-30H,7-10H2,1-3H3/t14-,15-,16-,17+,18-,20+,21-,22+,23+,24-,25+/m1/s1. The van der Waals surface area contributed by atoms with Gasteiger partial charge in [0.1, 0.15) is 42.2 Å². The molecule has 38 heavy (non-hydrogen) atoms. The molecule has 3 saturated carbocycles. The van der Waals surface area contributed by atoms with Gasteiger partial charge in [0.15, 0.2) is 29.9 Å². The molecule has 210 valence electrons. The molecular formula is C25H32O13. The van der Waals surface area contributed by atoms with Crippen molar-refractivity contribution in [2.24, 2.45) is 11.3 Å². The van der Waals surface area contributed by atoms with Crippen LogP contribution in [0, 0.1) is 11.3 Å². The molecule has 7 aliphatic rings. The molecule has 1 aromatic carbocycles. The van der Waals surface area contributed by atoms with E-state index in [1.807, 2.05) is 6.92 Å². The Morgan fingerprint density at radius 3 is 2.58 bits per heavy atom. The summed E-state index contributed by atoms with van der Waals surface area (Å²) in [6, 6.07) is 4.09. The lowest BCUT2D eigenvalue weighted by molar-refractivity contribution is -0.427. The highest BCUT2D eigenvalue weighted by molar-refractivity contribution is 5.90. The molecule has 7 fully saturated rings. The van der Waals surface area contributed by atoms with Crippen LogP contribution in [0.1, 0.15) is 30.1 Å². The summed E-state index contributed by atoms with van der Waals surface area (Å²) >= 11 is 0. The van der Waals surface area contributed by atoms with Crippen LogP contribution in [-0.2, 0) is 28.4 Å². The minimum Gasteiger partial charge on any atom is -0.504 e. The van der Waals surface area contributed by atoms with Crippen molar-refractivity contribution >= 4 is 5.97 Å². The lowest BCUT2D eigenvalue weighted by Crippen LogP contribution is -2.81. The first-order chi connectivity index (χ1) is 18.0. The largest absolute Gasteiger partial charge is 0.504 e. The van der Waals surface area contributed by atoms with Gasteiger partial charge in [-0.25, -0.2) is 4.79 Å². The Balaban J connectivity index is 1.32. The van der Waals surface area contributed by atoms with E-state index in [1.54, 1.807) is 0 Å². The predicted molar refractivity (Wildman–Crippen MR) is 122 cm³/mol. The van der Waals surface area contributed by atoms with Gasteiger partial charge in [-0.3, -0.25) is 0 Å². The first kappa shape index (κ1) is 26.2. The molecule has 0 unspecified atom stereocenters. The van der Waals surface area contributed by atoms with Crippen molar-refractivity contribution in [2.75, 3.05) is 27.4 Å². The van der Waals surface area contributed by atoms with Gasteiger partial charge in [0.25, 0.3) is 0 Å². The number of phenols is 1. The number of benzene rings is 1. The lowest BCUT2D eigenvalue weighted by atomic mass is 9.41. The number of aliphatic hydroxyl groups is 4. The van der Waals surface area contributed by atoms with Crippen LogP contribution in [0.4, 0.5) is 0 Å². The highest BCUT2D eigenvalue weighted by atomic mass is 16.8. The summed E-state index contributed by atoms with van der Waals surface area (Å²) in [4.78, 5) is 13.1. The Morgan fingerprint density at radius 1 is 1.13 bits per heavy atom. The third kappa shape index (κ3) is 3.04. The molecule has 0 spiro atoms. The topological polar surface area (TPSA) is 183 Å². The van der Waals surface area contributed by atoms with Crippen molar-refractivity contribution < 1.29 is 63.5 Å². The van der Waals surface area contributed by atoms with Crippen LogP contribution in [0.3, 0.4) is 0 Å². The van der Waals surface area contributed by atoms with Crippen LogP contribution in [-0.4, -0.2) is 113 Å². The maximum Gasteiger partial charge on any atom is 0.338 e. The molecule has 3 aliphatic carbocycles. The summed E-state index contributed by atoms with van der Waals surface area (Å²) in [7, 11) is 2.90. The van der Waals surface area contributed by atoms with Crippen LogP contribution in [0.5, 0.6) is 11.5 Å². The molecule has 0 amide bonds. The van der Waals surface area contributed by atoms with Crippen molar-refractivity contribution in [2.45, 2.75) is 73.8 Å². The zero-order chi connectivity index (χ0) is 27.3. The third-order valence-electron chi connectivity index (χ3n) is 9.30. The van der Waals surface area contributed by atoms with Crippen molar-refractivity contribution in [1.29, 1.82) is 0 Å². The quantitative estimate of drug-likeness (QED) is 0.254. The van der Waals surface area contributed by atoms with Gasteiger partial charge in [-0.15, -0.1) is 0 Å². The minimum absolute atomic E-state index is 0.112. The van der Waals surface area contributed by atoms with E-state index >= 15 is 0 Å². The van der Waals surface area contributed by atoms with E-state index in [9.17, 15) is 30.3 Å². The highest BCUT2D eigenvalue weighted by Crippen LogP contribution is 2.82. The summed E-state index contributed by atoms with van der Waals surface area (Å²) in [5.74, 6) is -1.98. The Labute approximate surface area is 217 Å². The molecule has 13 heteroatoms. The fourth-order valence-corrected chi connectivity index (χ4v) is 7.34. The third-order valence-corrected chi connectivity index (χ3v) is 9.30. The molecule has 4 saturated heterocycles. The molecule has 4 aliphatic heterocycles. The SMILES string of the molecule is COc1cc(C(=O)OC[C@]23[C@H]4O[C@]5(OC)C[C@](C)(O4)[C@@]2(O[C@@H]2O[C@H](CO)[C@@H](O)[C@H](O)[C@H]2O)C[C@@H]53)ccc1O. The fraction of sp³-hybridized carbons (Fsp3) is 0.720. The Morgan fingerprint density at radius 2 is 1.89 bits per heavy atom. The van der Waals surface area contributed by atoms with Crippen LogP contribution < -0.4 is 4.74 Å². The Hall–Kier alpha value is -2.07. The molecule has 8 rings (SSSR count).